The minimum absolute atomic E-state index is 1.22. The van der Waals surface area contributed by atoms with Gasteiger partial charge in [0, 0.05) is 26.2 Å². The Kier molecular flexibility index (Phi) is 11.4. The molecule has 0 saturated carbocycles. The van der Waals surface area contributed by atoms with Gasteiger partial charge in [-0.1, -0.05) is 13.8 Å². The molecule has 1 saturated heterocycles. The van der Waals surface area contributed by atoms with Gasteiger partial charge in [-0.15, -0.1) is 0 Å². The fraction of sp³-hybridized carbons (Fsp3) is 1.00. The van der Waals surface area contributed by atoms with Crippen LogP contribution in [-0.2, 0) is 20.8 Å². The summed E-state index contributed by atoms with van der Waals surface area (Å²) in [5.41, 5.74) is 0. The molecule has 0 aromatic carbocycles. The second kappa shape index (κ2) is 10.4. The van der Waals surface area contributed by atoms with E-state index in [9.17, 15) is 0 Å². The molecule has 4 N–H and O–H groups in total. The van der Waals surface area contributed by atoms with Crippen molar-refractivity contribution in [2.24, 2.45) is 0 Å². The minimum Gasteiger partial charge on any atom is -0.301 e. The first-order chi connectivity index (χ1) is 8.86. The topological polar surface area (TPSA) is 156 Å². The van der Waals surface area contributed by atoms with Gasteiger partial charge in [-0.3, -0.25) is 18.2 Å². The van der Waals surface area contributed by atoms with E-state index in [2.05, 4.69) is 23.6 Å². The van der Waals surface area contributed by atoms with E-state index in [4.69, 9.17) is 35.0 Å². The maximum Gasteiger partial charge on any atom is 0.394 e. The van der Waals surface area contributed by atoms with Crippen LogP contribution in [0.1, 0.15) is 13.8 Å². The van der Waals surface area contributed by atoms with Crippen molar-refractivity contribution in [1.82, 2.24) is 9.80 Å². The van der Waals surface area contributed by atoms with Crippen LogP contribution < -0.4 is 0 Å². The highest BCUT2D eigenvalue weighted by molar-refractivity contribution is 7.80. The summed E-state index contributed by atoms with van der Waals surface area (Å²) in [5.74, 6) is 0. The number of rotatable bonds is 2. The fourth-order valence-corrected chi connectivity index (χ4v) is 1.42. The van der Waals surface area contributed by atoms with E-state index in [1.54, 1.807) is 0 Å². The molecule has 0 aromatic rings. The van der Waals surface area contributed by atoms with E-state index in [1.807, 2.05) is 0 Å². The maximum atomic E-state index is 8.74. The Bertz CT molecular complexity index is 369. The molecule has 0 aromatic heterocycles. The number of hydrogen-bond acceptors (Lipinski definition) is 6. The summed E-state index contributed by atoms with van der Waals surface area (Å²) in [6.45, 7) is 12.0. The lowest BCUT2D eigenvalue weighted by Crippen LogP contribution is -2.45. The number of nitrogens with zero attached hydrogens (tertiary/aromatic N) is 2. The molecule has 1 heterocycles. The van der Waals surface area contributed by atoms with Gasteiger partial charge in [0.1, 0.15) is 0 Å². The van der Waals surface area contributed by atoms with E-state index in [0.29, 0.717) is 0 Å². The SMILES string of the molecule is CCN1CCN(CC)CC1.O=S(=O)(O)O.O=S(=O)(O)O. The van der Waals surface area contributed by atoms with Gasteiger partial charge in [0.05, 0.1) is 0 Å². The Morgan fingerprint density at radius 1 is 0.700 bits per heavy atom. The highest BCUT2D eigenvalue weighted by Gasteiger charge is 2.12. The normalized spacial score (nSPS) is 17.5. The zero-order valence-corrected chi connectivity index (χ0v) is 13.0. The Balaban J connectivity index is 0. The molecule has 124 valence electrons. The molecule has 10 nitrogen and oxygen atoms in total. The fourth-order valence-electron chi connectivity index (χ4n) is 1.42. The van der Waals surface area contributed by atoms with E-state index < -0.39 is 20.8 Å². The molecule has 0 unspecified atom stereocenters. The lowest BCUT2D eigenvalue weighted by Gasteiger charge is -2.33. The van der Waals surface area contributed by atoms with E-state index in [-0.39, 0.29) is 0 Å². The number of hydrogen-bond donors (Lipinski definition) is 4. The van der Waals surface area contributed by atoms with Crippen molar-refractivity contribution in [2.45, 2.75) is 13.8 Å². The van der Waals surface area contributed by atoms with Crippen molar-refractivity contribution < 1.29 is 35.0 Å². The van der Waals surface area contributed by atoms with Crippen LogP contribution in [0.4, 0.5) is 0 Å². The minimum atomic E-state index is -4.67. The van der Waals surface area contributed by atoms with Crippen LogP contribution in [-0.4, -0.2) is 84.1 Å². The maximum absolute atomic E-state index is 8.74. The second-order valence-electron chi connectivity index (χ2n) is 3.76. The molecule has 0 atom stereocenters. The largest absolute Gasteiger partial charge is 0.394 e. The third-order valence-corrected chi connectivity index (χ3v) is 2.36. The van der Waals surface area contributed by atoms with Crippen LogP contribution >= 0.6 is 0 Å². The Labute approximate surface area is 119 Å². The van der Waals surface area contributed by atoms with Gasteiger partial charge in [-0.05, 0) is 13.1 Å². The third-order valence-electron chi connectivity index (χ3n) is 2.36. The molecule has 1 rings (SSSR count). The molecule has 0 amide bonds. The first-order valence-electron chi connectivity index (χ1n) is 5.71. The molecule has 12 heteroatoms. The highest BCUT2D eigenvalue weighted by Crippen LogP contribution is 1.99. The van der Waals surface area contributed by atoms with E-state index in [1.165, 1.54) is 39.3 Å². The van der Waals surface area contributed by atoms with Gasteiger partial charge < -0.3 is 9.80 Å². The van der Waals surface area contributed by atoms with Crippen LogP contribution in [0.5, 0.6) is 0 Å². The van der Waals surface area contributed by atoms with Crippen LogP contribution in [0, 0.1) is 0 Å². The second-order valence-corrected chi connectivity index (χ2v) is 5.56. The summed E-state index contributed by atoms with van der Waals surface area (Å²) in [5, 5.41) is 0. The summed E-state index contributed by atoms with van der Waals surface area (Å²) in [6, 6.07) is 0. The zero-order chi connectivity index (χ0) is 16.4. The van der Waals surface area contributed by atoms with Gasteiger partial charge in [-0.2, -0.15) is 16.8 Å². The average Bonchev–Trinajstić information content (AvgIpc) is 2.25. The van der Waals surface area contributed by atoms with Crippen molar-refractivity contribution >= 4 is 20.8 Å². The average molecular weight is 338 g/mol. The van der Waals surface area contributed by atoms with Gasteiger partial charge in [0.2, 0.25) is 0 Å². The third kappa shape index (κ3) is 26.3. The lowest BCUT2D eigenvalue weighted by molar-refractivity contribution is 0.142. The Morgan fingerprint density at radius 2 is 0.850 bits per heavy atom. The predicted octanol–water partition coefficient (Wildman–Crippen LogP) is -0.662. The smallest absolute Gasteiger partial charge is 0.301 e. The Hall–Kier alpha value is -0.340. The van der Waals surface area contributed by atoms with Crippen molar-refractivity contribution in [3.63, 3.8) is 0 Å². The molecule has 0 bridgehead atoms. The van der Waals surface area contributed by atoms with Crippen LogP contribution in [0.25, 0.3) is 0 Å². The van der Waals surface area contributed by atoms with E-state index in [0.717, 1.165) is 0 Å². The first kappa shape index (κ1) is 21.9. The first-order valence-corrected chi connectivity index (χ1v) is 8.50. The molecule has 1 aliphatic heterocycles. The van der Waals surface area contributed by atoms with Gasteiger partial charge >= 0.3 is 20.8 Å². The van der Waals surface area contributed by atoms with Crippen LogP contribution in [0.2, 0.25) is 0 Å². The molecular formula is C8H22N2O8S2. The van der Waals surface area contributed by atoms with Crippen molar-refractivity contribution in [1.29, 1.82) is 0 Å². The van der Waals surface area contributed by atoms with E-state index >= 15 is 0 Å². The molecule has 0 spiro atoms. The number of likely N-dealkylation sites (N-methyl/N-ethyl adjacent to an activating group) is 2. The lowest BCUT2D eigenvalue weighted by atomic mass is 10.3. The Morgan fingerprint density at radius 3 is 0.950 bits per heavy atom. The van der Waals surface area contributed by atoms with Crippen LogP contribution in [0.3, 0.4) is 0 Å². The van der Waals surface area contributed by atoms with Gasteiger partial charge in [0.15, 0.2) is 0 Å². The van der Waals surface area contributed by atoms with Crippen molar-refractivity contribution in [3.05, 3.63) is 0 Å². The monoisotopic (exact) mass is 338 g/mol. The van der Waals surface area contributed by atoms with Crippen molar-refractivity contribution in [2.75, 3.05) is 39.3 Å². The quantitative estimate of drug-likeness (QED) is 0.476. The standard InChI is InChI=1S/C8H18N2.2H2O4S/c1-3-9-5-7-10(4-2)8-6-9;2*1-5(2,3)4/h3-8H2,1-2H3;2*(H2,1,2,3,4). The molecule has 0 radical (unpaired) electrons. The molecule has 1 fully saturated rings. The van der Waals surface area contributed by atoms with Crippen molar-refractivity contribution in [3.8, 4) is 0 Å². The van der Waals surface area contributed by atoms with Crippen LogP contribution in [0.15, 0.2) is 0 Å². The molecule has 20 heavy (non-hydrogen) atoms. The van der Waals surface area contributed by atoms with Gasteiger partial charge in [-0.25, -0.2) is 0 Å². The summed E-state index contributed by atoms with van der Waals surface area (Å²) in [7, 11) is -9.33. The summed E-state index contributed by atoms with van der Waals surface area (Å²) >= 11 is 0. The summed E-state index contributed by atoms with van der Waals surface area (Å²) < 4.78 is 63.2. The predicted molar refractivity (Wildman–Crippen MR) is 72.6 cm³/mol. The highest BCUT2D eigenvalue weighted by atomic mass is 32.3. The number of piperazine rings is 1. The van der Waals surface area contributed by atoms with Gasteiger partial charge in [0.25, 0.3) is 0 Å². The molecule has 0 aliphatic carbocycles. The molecular weight excluding hydrogens is 316 g/mol. The zero-order valence-electron chi connectivity index (χ0n) is 11.4. The summed E-state index contributed by atoms with van der Waals surface area (Å²) in [6.07, 6.45) is 0. The molecule has 1 aliphatic rings. The summed E-state index contributed by atoms with van der Waals surface area (Å²) in [4.78, 5) is 5.01.